The average Bonchev–Trinajstić information content (AvgIpc) is 2.21. The quantitative estimate of drug-likeness (QED) is 0.658. The zero-order valence-electron chi connectivity index (χ0n) is 8.08. The lowest BCUT2D eigenvalue weighted by Crippen LogP contribution is -2.21. The van der Waals surface area contributed by atoms with Crippen molar-refractivity contribution in [3.8, 4) is 0 Å². The Morgan fingerprint density at radius 3 is 2.93 bits per heavy atom. The molecule has 78 valence electrons. The molecule has 0 amide bonds. The van der Waals surface area contributed by atoms with Crippen LogP contribution in [-0.2, 0) is 0 Å². The highest BCUT2D eigenvalue weighted by atomic mass is 19.1. The maximum atomic E-state index is 13.1. The highest BCUT2D eigenvalue weighted by Gasteiger charge is 2.08. The SMILES string of the molecule is CNc1ncc(F)c(NC(C)CO)n1. The Kier molecular flexibility index (Phi) is 3.58. The molecule has 3 N–H and O–H groups in total. The summed E-state index contributed by atoms with van der Waals surface area (Å²) < 4.78 is 13.1. The Morgan fingerprint density at radius 1 is 1.64 bits per heavy atom. The molecule has 6 heteroatoms. The number of rotatable bonds is 4. The minimum atomic E-state index is -0.538. The van der Waals surface area contributed by atoms with E-state index in [1.54, 1.807) is 14.0 Å². The number of aromatic nitrogens is 2. The molecule has 1 rings (SSSR count). The maximum absolute atomic E-state index is 13.1. The maximum Gasteiger partial charge on any atom is 0.224 e. The number of aliphatic hydroxyl groups excluding tert-OH is 1. The van der Waals surface area contributed by atoms with Crippen LogP contribution in [0.1, 0.15) is 6.92 Å². The first kappa shape index (κ1) is 10.6. The summed E-state index contributed by atoms with van der Waals surface area (Å²) in [5, 5.41) is 14.2. The molecule has 0 radical (unpaired) electrons. The second-order valence-corrected chi connectivity index (χ2v) is 2.87. The van der Waals surface area contributed by atoms with Crippen LogP contribution in [0.4, 0.5) is 16.2 Å². The van der Waals surface area contributed by atoms with E-state index in [-0.39, 0.29) is 18.5 Å². The first-order chi connectivity index (χ1) is 6.67. The van der Waals surface area contributed by atoms with Gasteiger partial charge in [0.2, 0.25) is 5.95 Å². The molecule has 1 aromatic rings. The Hall–Kier alpha value is -1.43. The van der Waals surface area contributed by atoms with E-state index in [4.69, 9.17) is 5.11 Å². The molecule has 14 heavy (non-hydrogen) atoms. The number of hydrogen-bond donors (Lipinski definition) is 3. The van der Waals surface area contributed by atoms with Crippen molar-refractivity contribution in [3.63, 3.8) is 0 Å². The molecule has 5 nitrogen and oxygen atoms in total. The van der Waals surface area contributed by atoms with E-state index < -0.39 is 5.82 Å². The molecule has 0 spiro atoms. The van der Waals surface area contributed by atoms with Gasteiger partial charge in [0.05, 0.1) is 12.8 Å². The van der Waals surface area contributed by atoms with E-state index in [1.807, 2.05) is 0 Å². The van der Waals surface area contributed by atoms with Gasteiger partial charge < -0.3 is 15.7 Å². The van der Waals surface area contributed by atoms with Crippen molar-refractivity contribution < 1.29 is 9.50 Å². The first-order valence-corrected chi connectivity index (χ1v) is 4.25. The molecule has 0 aliphatic heterocycles. The molecule has 0 aliphatic carbocycles. The van der Waals surface area contributed by atoms with Crippen LogP contribution in [0.5, 0.6) is 0 Å². The zero-order valence-corrected chi connectivity index (χ0v) is 8.08. The Bertz CT molecular complexity index is 307. The molecule has 1 atom stereocenters. The number of nitrogens with one attached hydrogen (secondary N) is 2. The van der Waals surface area contributed by atoms with E-state index in [0.717, 1.165) is 6.20 Å². The van der Waals surface area contributed by atoms with E-state index in [0.29, 0.717) is 5.95 Å². The summed E-state index contributed by atoms with van der Waals surface area (Å²) in [6, 6.07) is -0.246. The van der Waals surface area contributed by atoms with Crippen molar-refractivity contribution in [2.75, 3.05) is 24.3 Å². The first-order valence-electron chi connectivity index (χ1n) is 4.25. The fraction of sp³-hybridized carbons (Fsp3) is 0.500. The highest BCUT2D eigenvalue weighted by molar-refractivity contribution is 5.41. The zero-order chi connectivity index (χ0) is 10.6. The van der Waals surface area contributed by atoms with Gasteiger partial charge in [-0.15, -0.1) is 0 Å². The van der Waals surface area contributed by atoms with Gasteiger partial charge in [0.15, 0.2) is 11.6 Å². The number of anilines is 2. The lowest BCUT2D eigenvalue weighted by atomic mass is 10.3. The molecular formula is C8H13FN4O. The van der Waals surface area contributed by atoms with Crippen molar-refractivity contribution in [3.05, 3.63) is 12.0 Å². The summed E-state index contributed by atoms with van der Waals surface area (Å²) in [4.78, 5) is 7.55. The van der Waals surface area contributed by atoms with Gasteiger partial charge in [-0.25, -0.2) is 9.37 Å². The van der Waals surface area contributed by atoms with Crippen molar-refractivity contribution in [1.29, 1.82) is 0 Å². The molecule has 1 unspecified atom stereocenters. The fourth-order valence-electron chi connectivity index (χ4n) is 0.868. The van der Waals surface area contributed by atoms with Gasteiger partial charge in [0.1, 0.15) is 0 Å². The standard InChI is InChI=1S/C8H13FN4O/c1-5(4-14)12-7-6(9)3-11-8(10-2)13-7/h3,5,14H,4H2,1-2H3,(H2,10,11,12,13). The number of aliphatic hydroxyl groups is 1. The topological polar surface area (TPSA) is 70.1 Å². The Labute approximate surface area is 81.4 Å². The van der Waals surface area contributed by atoms with Crippen molar-refractivity contribution >= 4 is 11.8 Å². The van der Waals surface area contributed by atoms with Crippen LogP contribution in [0.15, 0.2) is 6.20 Å². The predicted molar refractivity (Wildman–Crippen MR) is 51.7 cm³/mol. The smallest absolute Gasteiger partial charge is 0.224 e. The van der Waals surface area contributed by atoms with E-state index in [2.05, 4.69) is 20.6 Å². The fourth-order valence-corrected chi connectivity index (χ4v) is 0.868. The van der Waals surface area contributed by atoms with Crippen LogP contribution in [0.3, 0.4) is 0 Å². The monoisotopic (exact) mass is 200 g/mol. The predicted octanol–water partition coefficient (Wildman–Crippen LogP) is 0.450. The molecular weight excluding hydrogens is 187 g/mol. The van der Waals surface area contributed by atoms with Gasteiger partial charge in [-0.1, -0.05) is 0 Å². The molecule has 1 heterocycles. The molecule has 0 saturated heterocycles. The minimum absolute atomic E-state index is 0.0850. The van der Waals surface area contributed by atoms with Crippen LogP contribution >= 0.6 is 0 Å². The lowest BCUT2D eigenvalue weighted by molar-refractivity contribution is 0.281. The molecule has 0 bridgehead atoms. The third-order valence-corrected chi connectivity index (χ3v) is 1.62. The van der Waals surface area contributed by atoms with Gasteiger partial charge in [0, 0.05) is 13.1 Å². The van der Waals surface area contributed by atoms with Gasteiger partial charge >= 0.3 is 0 Å². The third kappa shape index (κ3) is 2.53. The summed E-state index contributed by atoms with van der Waals surface area (Å²) in [6.45, 7) is 1.64. The van der Waals surface area contributed by atoms with E-state index in [9.17, 15) is 4.39 Å². The molecule has 0 aromatic carbocycles. The van der Waals surface area contributed by atoms with Gasteiger partial charge in [-0.3, -0.25) is 0 Å². The molecule has 0 fully saturated rings. The number of halogens is 1. The van der Waals surface area contributed by atoms with Crippen molar-refractivity contribution in [1.82, 2.24) is 9.97 Å². The van der Waals surface area contributed by atoms with Crippen LogP contribution in [0.2, 0.25) is 0 Å². The summed E-state index contributed by atoms with van der Waals surface area (Å²) >= 11 is 0. The van der Waals surface area contributed by atoms with Crippen LogP contribution in [-0.4, -0.2) is 34.8 Å². The number of nitrogens with zero attached hydrogens (tertiary/aromatic N) is 2. The van der Waals surface area contributed by atoms with Crippen molar-refractivity contribution in [2.24, 2.45) is 0 Å². The Balaban J connectivity index is 2.83. The lowest BCUT2D eigenvalue weighted by Gasteiger charge is -2.12. The third-order valence-electron chi connectivity index (χ3n) is 1.62. The second kappa shape index (κ2) is 4.71. The number of hydrogen-bond acceptors (Lipinski definition) is 5. The molecule has 1 aromatic heterocycles. The van der Waals surface area contributed by atoms with E-state index in [1.165, 1.54) is 0 Å². The largest absolute Gasteiger partial charge is 0.394 e. The Morgan fingerprint density at radius 2 is 2.36 bits per heavy atom. The summed E-state index contributed by atoms with van der Waals surface area (Å²) in [5.74, 6) is -0.116. The van der Waals surface area contributed by atoms with Gasteiger partial charge in [-0.2, -0.15) is 4.98 Å². The highest BCUT2D eigenvalue weighted by Crippen LogP contribution is 2.12. The van der Waals surface area contributed by atoms with Crippen molar-refractivity contribution in [2.45, 2.75) is 13.0 Å². The molecule has 0 saturated carbocycles. The molecule has 0 aliphatic rings. The minimum Gasteiger partial charge on any atom is -0.394 e. The second-order valence-electron chi connectivity index (χ2n) is 2.87. The van der Waals surface area contributed by atoms with E-state index >= 15 is 0 Å². The average molecular weight is 200 g/mol. The summed E-state index contributed by atoms with van der Waals surface area (Å²) in [5.41, 5.74) is 0. The normalized spacial score (nSPS) is 12.3. The van der Waals surface area contributed by atoms with Crippen LogP contribution in [0.25, 0.3) is 0 Å². The van der Waals surface area contributed by atoms with Crippen LogP contribution in [0, 0.1) is 5.82 Å². The van der Waals surface area contributed by atoms with Gasteiger partial charge in [0.25, 0.3) is 0 Å². The van der Waals surface area contributed by atoms with Crippen LogP contribution < -0.4 is 10.6 Å². The summed E-state index contributed by atoms with van der Waals surface area (Å²) in [7, 11) is 1.65. The summed E-state index contributed by atoms with van der Waals surface area (Å²) in [6.07, 6.45) is 1.07. The van der Waals surface area contributed by atoms with Gasteiger partial charge in [-0.05, 0) is 6.92 Å².